The molecule has 7 nitrogen and oxygen atoms in total. The van der Waals surface area contributed by atoms with Gasteiger partial charge in [0.15, 0.2) is 0 Å². The Hall–Kier alpha value is -2.35. The normalized spacial score (nSPS) is 16.6. The Kier molecular flexibility index (Phi) is 9.99. The quantitative estimate of drug-likeness (QED) is 0.399. The van der Waals surface area contributed by atoms with E-state index in [1.165, 1.54) is 25.8 Å². The van der Waals surface area contributed by atoms with Gasteiger partial charge in [0, 0.05) is 44.5 Å². The van der Waals surface area contributed by atoms with Crippen molar-refractivity contribution in [2.24, 2.45) is 0 Å². The molecular weight excluding hydrogens is 448 g/mol. The number of rotatable bonds is 11. The number of nitrogens with two attached hydrogens (primary N) is 1. The average Bonchev–Trinajstić information content (AvgIpc) is 3.13. The predicted molar refractivity (Wildman–Crippen MR) is 142 cm³/mol. The number of benzene rings is 1. The molecule has 1 aliphatic rings. The lowest BCUT2D eigenvalue weighted by molar-refractivity contribution is 0.157. The highest BCUT2D eigenvalue weighted by molar-refractivity contribution is 5.85. The molecule has 2 aromatic heterocycles. The van der Waals surface area contributed by atoms with Crippen molar-refractivity contribution < 1.29 is 4.74 Å². The molecular formula is C26H39ClN6O. The summed E-state index contributed by atoms with van der Waals surface area (Å²) in [6.07, 6.45) is 7.87. The van der Waals surface area contributed by atoms with Crippen LogP contribution in [-0.2, 0) is 13.1 Å². The molecule has 1 saturated heterocycles. The second-order valence-corrected chi connectivity index (χ2v) is 9.27. The number of fused-ring (bicyclic) bond motifs is 1. The molecule has 2 N–H and O–H groups in total. The van der Waals surface area contributed by atoms with E-state index in [1.807, 2.05) is 30.5 Å². The zero-order valence-corrected chi connectivity index (χ0v) is 21.3. The van der Waals surface area contributed by atoms with Crippen molar-refractivity contribution in [1.82, 2.24) is 24.3 Å². The number of hydrogen-bond donors (Lipinski definition) is 1. The van der Waals surface area contributed by atoms with Gasteiger partial charge in [-0.25, -0.2) is 4.98 Å². The van der Waals surface area contributed by atoms with Gasteiger partial charge in [-0.15, -0.1) is 12.4 Å². The zero-order valence-electron chi connectivity index (χ0n) is 20.5. The Morgan fingerprint density at radius 3 is 2.82 bits per heavy atom. The minimum Gasteiger partial charge on any atom is -0.493 e. The van der Waals surface area contributed by atoms with Crippen LogP contribution in [0.25, 0.3) is 11.0 Å². The Bertz CT molecular complexity index is 1010. The van der Waals surface area contributed by atoms with E-state index in [0.717, 1.165) is 61.5 Å². The summed E-state index contributed by atoms with van der Waals surface area (Å²) in [5.74, 6) is 1.46. The van der Waals surface area contributed by atoms with Gasteiger partial charge in [-0.1, -0.05) is 12.5 Å². The van der Waals surface area contributed by atoms with Crippen LogP contribution < -0.4 is 10.5 Å². The number of halogens is 1. The van der Waals surface area contributed by atoms with E-state index in [1.54, 1.807) is 0 Å². The first-order chi connectivity index (χ1) is 16.1. The van der Waals surface area contributed by atoms with Crippen molar-refractivity contribution >= 4 is 29.4 Å². The third-order valence-electron chi connectivity index (χ3n) is 6.63. The van der Waals surface area contributed by atoms with Crippen LogP contribution in [0.2, 0.25) is 0 Å². The van der Waals surface area contributed by atoms with Gasteiger partial charge < -0.3 is 24.8 Å². The molecule has 8 heteroatoms. The van der Waals surface area contributed by atoms with Crippen molar-refractivity contribution in [3.63, 3.8) is 0 Å². The van der Waals surface area contributed by atoms with Crippen LogP contribution in [0.1, 0.15) is 44.7 Å². The third-order valence-corrected chi connectivity index (χ3v) is 6.63. The van der Waals surface area contributed by atoms with Crippen LogP contribution in [0.5, 0.6) is 5.75 Å². The van der Waals surface area contributed by atoms with E-state index < -0.39 is 0 Å². The van der Waals surface area contributed by atoms with Gasteiger partial charge in [-0.05, 0) is 70.5 Å². The van der Waals surface area contributed by atoms with Crippen molar-refractivity contribution in [2.75, 3.05) is 39.0 Å². The molecule has 1 fully saturated rings. The molecule has 1 atom stereocenters. The number of aryl methyl sites for hydroxylation is 1. The number of aromatic nitrogens is 3. The largest absolute Gasteiger partial charge is 0.493 e. The molecule has 1 aliphatic heterocycles. The van der Waals surface area contributed by atoms with Crippen molar-refractivity contribution in [3.8, 4) is 5.75 Å². The average molecular weight is 487 g/mol. The topological polar surface area (TPSA) is 72.4 Å². The second-order valence-electron chi connectivity index (χ2n) is 9.27. The Morgan fingerprint density at radius 1 is 1.15 bits per heavy atom. The molecule has 0 aliphatic carbocycles. The van der Waals surface area contributed by atoms with Crippen molar-refractivity contribution in [3.05, 3.63) is 48.3 Å². The van der Waals surface area contributed by atoms with Gasteiger partial charge in [0.25, 0.3) is 0 Å². The number of imidazole rings is 1. The molecule has 1 unspecified atom stereocenters. The minimum atomic E-state index is 0. The van der Waals surface area contributed by atoms with Gasteiger partial charge in [-0.2, -0.15) is 0 Å². The highest BCUT2D eigenvalue weighted by Gasteiger charge is 2.18. The maximum Gasteiger partial charge on any atom is 0.201 e. The number of pyridine rings is 1. The molecule has 3 aromatic rings. The Labute approximate surface area is 209 Å². The van der Waals surface area contributed by atoms with Crippen LogP contribution in [0.4, 0.5) is 5.95 Å². The fraction of sp³-hybridized carbons (Fsp3) is 0.538. The fourth-order valence-electron chi connectivity index (χ4n) is 4.74. The fourth-order valence-corrected chi connectivity index (χ4v) is 4.74. The smallest absolute Gasteiger partial charge is 0.201 e. The van der Waals surface area contributed by atoms with Crippen LogP contribution in [0, 0.1) is 0 Å². The van der Waals surface area contributed by atoms with Gasteiger partial charge in [0.1, 0.15) is 5.75 Å². The van der Waals surface area contributed by atoms with Gasteiger partial charge >= 0.3 is 0 Å². The Morgan fingerprint density at radius 2 is 2.03 bits per heavy atom. The number of likely N-dealkylation sites (tertiary alicyclic amines) is 1. The standard InChI is InChI=1S/C26H38N6O.ClH/c1-21-9-4-6-15-31(21)16-7-17-32-25-19-23(11-12-24(25)29-26(32)27)33-18-8-14-30(2)20-22-10-3-5-13-28-22;/h3,5,10-13,19,21H,4,6-9,14-18,20H2,1-2H3,(H2,27,29);1H. The van der Waals surface area contributed by atoms with Crippen LogP contribution in [0.3, 0.4) is 0 Å². The van der Waals surface area contributed by atoms with Gasteiger partial charge in [-0.3, -0.25) is 4.98 Å². The molecule has 4 rings (SSSR count). The van der Waals surface area contributed by atoms with E-state index >= 15 is 0 Å². The lowest BCUT2D eigenvalue weighted by Gasteiger charge is -2.33. The number of anilines is 1. The molecule has 34 heavy (non-hydrogen) atoms. The number of nitrogen functional groups attached to an aromatic ring is 1. The lowest BCUT2D eigenvalue weighted by Crippen LogP contribution is -2.38. The third kappa shape index (κ3) is 7.08. The summed E-state index contributed by atoms with van der Waals surface area (Å²) in [4.78, 5) is 13.8. The van der Waals surface area contributed by atoms with Crippen molar-refractivity contribution in [2.45, 2.75) is 58.2 Å². The number of ether oxygens (including phenoxy) is 1. The Balaban J connectivity index is 0.00000324. The summed E-state index contributed by atoms with van der Waals surface area (Å²) in [5, 5.41) is 0. The van der Waals surface area contributed by atoms with Crippen molar-refractivity contribution in [1.29, 1.82) is 0 Å². The van der Waals surface area contributed by atoms with E-state index in [0.29, 0.717) is 18.6 Å². The molecule has 3 heterocycles. The summed E-state index contributed by atoms with van der Waals surface area (Å²) in [6, 6.07) is 12.8. The maximum absolute atomic E-state index is 6.25. The lowest BCUT2D eigenvalue weighted by atomic mass is 10.0. The van der Waals surface area contributed by atoms with E-state index in [-0.39, 0.29) is 12.4 Å². The summed E-state index contributed by atoms with van der Waals surface area (Å²) in [5.41, 5.74) is 9.34. The highest BCUT2D eigenvalue weighted by atomic mass is 35.5. The van der Waals surface area contributed by atoms with Crippen LogP contribution in [-0.4, -0.2) is 63.7 Å². The van der Waals surface area contributed by atoms with E-state index in [2.05, 4.69) is 50.4 Å². The molecule has 0 spiro atoms. The summed E-state index contributed by atoms with van der Waals surface area (Å²) >= 11 is 0. The number of nitrogens with zero attached hydrogens (tertiary/aromatic N) is 5. The van der Waals surface area contributed by atoms with E-state index in [4.69, 9.17) is 10.5 Å². The van der Waals surface area contributed by atoms with Gasteiger partial charge in [0.2, 0.25) is 5.95 Å². The summed E-state index contributed by atoms with van der Waals surface area (Å²) in [7, 11) is 2.12. The maximum atomic E-state index is 6.25. The predicted octanol–water partition coefficient (Wildman–Crippen LogP) is 4.60. The monoisotopic (exact) mass is 486 g/mol. The molecule has 0 saturated carbocycles. The highest BCUT2D eigenvalue weighted by Crippen LogP contribution is 2.24. The molecule has 1 aromatic carbocycles. The van der Waals surface area contributed by atoms with Crippen LogP contribution in [0.15, 0.2) is 42.6 Å². The zero-order chi connectivity index (χ0) is 23.0. The van der Waals surface area contributed by atoms with Crippen LogP contribution >= 0.6 is 12.4 Å². The molecule has 0 amide bonds. The molecule has 0 bridgehead atoms. The first-order valence-electron chi connectivity index (χ1n) is 12.3. The SMILES string of the molecule is CC1CCCCN1CCCn1c(N)nc2ccc(OCCCN(C)Cc3ccccn3)cc21.Cl. The minimum absolute atomic E-state index is 0. The first kappa shape index (κ1) is 26.3. The summed E-state index contributed by atoms with van der Waals surface area (Å²) in [6.45, 7) is 8.04. The first-order valence-corrected chi connectivity index (χ1v) is 12.3. The molecule has 186 valence electrons. The van der Waals surface area contributed by atoms with E-state index in [9.17, 15) is 0 Å². The molecule has 0 radical (unpaired) electrons. The number of hydrogen-bond acceptors (Lipinski definition) is 6. The second kappa shape index (κ2) is 12.9. The van der Waals surface area contributed by atoms with Gasteiger partial charge in [0.05, 0.1) is 23.3 Å². The summed E-state index contributed by atoms with van der Waals surface area (Å²) < 4.78 is 8.20. The number of piperidine rings is 1.